The molecule has 0 saturated carbocycles. The largest absolute Gasteiger partial charge is 0.306 e. The third kappa shape index (κ3) is 4.47. The van der Waals surface area contributed by atoms with Gasteiger partial charge in [-0.1, -0.05) is 35.9 Å². The van der Waals surface area contributed by atoms with Crippen molar-refractivity contribution in [2.24, 2.45) is 0 Å². The molecule has 1 atom stereocenters. The van der Waals surface area contributed by atoms with Gasteiger partial charge >= 0.3 is 0 Å². The number of nitrogens with zero attached hydrogens (tertiary/aromatic N) is 2. The first-order chi connectivity index (χ1) is 14.9. The molecule has 3 aromatic carbocycles. The van der Waals surface area contributed by atoms with Crippen LogP contribution in [0.2, 0.25) is 5.02 Å². The summed E-state index contributed by atoms with van der Waals surface area (Å²) in [5.74, 6) is -0.294. The van der Waals surface area contributed by atoms with Crippen LogP contribution >= 0.6 is 11.6 Å². The summed E-state index contributed by atoms with van der Waals surface area (Å²) in [7, 11) is -3.77. The normalized spacial score (nSPS) is 15.7. The molecule has 3 aromatic rings. The average molecular weight is 452 g/mol. The number of amides is 1. The van der Waals surface area contributed by atoms with Crippen LogP contribution < -0.4 is 9.62 Å². The van der Waals surface area contributed by atoms with Gasteiger partial charge in [-0.05, 0) is 60.5 Å². The molecule has 4 rings (SSSR count). The Morgan fingerprint density at radius 3 is 2.55 bits per heavy atom. The van der Waals surface area contributed by atoms with E-state index in [1.165, 1.54) is 17.0 Å². The lowest BCUT2D eigenvalue weighted by Crippen LogP contribution is -2.50. The quantitative estimate of drug-likeness (QED) is 0.653. The zero-order valence-electron chi connectivity index (χ0n) is 16.3. The van der Waals surface area contributed by atoms with Gasteiger partial charge in [0.05, 0.1) is 16.5 Å². The van der Waals surface area contributed by atoms with E-state index in [1.54, 1.807) is 60.7 Å². The molecule has 0 aliphatic carbocycles. The van der Waals surface area contributed by atoms with Gasteiger partial charge in [-0.2, -0.15) is 5.26 Å². The summed E-state index contributed by atoms with van der Waals surface area (Å²) in [6, 6.07) is 21.3. The summed E-state index contributed by atoms with van der Waals surface area (Å²) in [6.07, 6.45) is 0.357. The Balaban J connectivity index is 1.70. The molecule has 8 heteroatoms. The van der Waals surface area contributed by atoms with Crippen molar-refractivity contribution in [2.45, 2.75) is 17.4 Å². The Kier molecular flexibility index (Phi) is 5.79. The summed E-state index contributed by atoms with van der Waals surface area (Å²) in [5, 5.41) is 9.70. The molecular formula is C23H18ClN3O3S. The molecule has 0 aromatic heterocycles. The predicted molar refractivity (Wildman–Crippen MR) is 119 cm³/mol. The maximum atomic E-state index is 13.3. The van der Waals surface area contributed by atoms with Crippen LogP contribution in [0.4, 0.5) is 5.69 Å². The molecule has 1 unspecified atom stereocenters. The number of carbonyl (C=O) groups is 1. The van der Waals surface area contributed by atoms with Crippen LogP contribution in [0.1, 0.15) is 21.5 Å². The van der Waals surface area contributed by atoms with Crippen molar-refractivity contribution in [2.75, 3.05) is 11.4 Å². The Morgan fingerprint density at radius 2 is 1.84 bits per heavy atom. The van der Waals surface area contributed by atoms with Crippen molar-refractivity contribution in [1.82, 2.24) is 4.72 Å². The minimum absolute atomic E-state index is 0.149. The molecule has 1 amide bonds. The molecule has 156 valence electrons. The first-order valence-electron chi connectivity index (χ1n) is 9.55. The molecule has 1 N–H and O–H groups in total. The highest BCUT2D eigenvalue weighted by molar-refractivity contribution is 7.89. The van der Waals surface area contributed by atoms with Crippen molar-refractivity contribution in [1.29, 1.82) is 5.26 Å². The van der Waals surface area contributed by atoms with Crippen molar-refractivity contribution >= 4 is 33.2 Å². The summed E-state index contributed by atoms with van der Waals surface area (Å²) >= 11 is 6.05. The highest BCUT2D eigenvalue weighted by atomic mass is 35.5. The van der Waals surface area contributed by atoms with Crippen molar-refractivity contribution in [3.63, 3.8) is 0 Å². The highest BCUT2D eigenvalue weighted by Gasteiger charge is 2.32. The van der Waals surface area contributed by atoms with Crippen LogP contribution in [0.15, 0.2) is 77.7 Å². The monoisotopic (exact) mass is 451 g/mol. The molecule has 31 heavy (non-hydrogen) atoms. The fourth-order valence-electron chi connectivity index (χ4n) is 3.67. The van der Waals surface area contributed by atoms with E-state index < -0.39 is 16.1 Å². The Hall–Kier alpha value is -3.18. The standard InChI is InChI=1S/C23H18ClN3O3S/c24-19-6-4-5-17(12-19)23(28)27-15-20(13-18-11-16(14-25)9-10-22(18)27)26-31(29,30)21-7-2-1-3-8-21/h1-12,20,26H,13,15H2. The maximum Gasteiger partial charge on any atom is 0.258 e. The zero-order valence-corrected chi connectivity index (χ0v) is 17.9. The lowest BCUT2D eigenvalue weighted by Gasteiger charge is -2.35. The number of sulfonamides is 1. The molecule has 0 radical (unpaired) electrons. The molecule has 1 heterocycles. The smallest absolute Gasteiger partial charge is 0.258 e. The van der Waals surface area contributed by atoms with E-state index in [2.05, 4.69) is 10.8 Å². The molecule has 0 saturated heterocycles. The minimum Gasteiger partial charge on any atom is -0.306 e. The lowest BCUT2D eigenvalue weighted by molar-refractivity contribution is 0.0982. The number of anilines is 1. The van der Waals surface area contributed by atoms with Gasteiger partial charge in [0.25, 0.3) is 5.91 Å². The van der Waals surface area contributed by atoms with Crippen LogP contribution in [0.25, 0.3) is 0 Å². The van der Waals surface area contributed by atoms with E-state index in [9.17, 15) is 18.5 Å². The van der Waals surface area contributed by atoms with Gasteiger partial charge in [0.2, 0.25) is 10.0 Å². The molecule has 0 bridgehead atoms. The number of fused-ring (bicyclic) bond motifs is 1. The molecule has 6 nitrogen and oxygen atoms in total. The first-order valence-corrected chi connectivity index (χ1v) is 11.4. The number of halogens is 1. The van der Waals surface area contributed by atoms with Crippen LogP contribution in [0.3, 0.4) is 0 Å². The topological polar surface area (TPSA) is 90.3 Å². The van der Waals surface area contributed by atoms with Gasteiger partial charge < -0.3 is 4.90 Å². The summed E-state index contributed by atoms with van der Waals surface area (Å²) < 4.78 is 28.4. The first kappa shape index (κ1) is 21.1. The Morgan fingerprint density at radius 1 is 1.06 bits per heavy atom. The number of rotatable bonds is 4. The van der Waals surface area contributed by atoms with E-state index in [4.69, 9.17) is 11.6 Å². The third-order valence-electron chi connectivity index (χ3n) is 5.06. The number of nitriles is 1. The number of nitrogens with one attached hydrogen (secondary N) is 1. The second-order valence-electron chi connectivity index (χ2n) is 7.22. The number of benzene rings is 3. The van der Waals surface area contributed by atoms with Gasteiger partial charge in [-0.15, -0.1) is 0 Å². The third-order valence-corrected chi connectivity index (χ3v) is 6.83. The molecule has 1 aliphatic rings. The molecule has 0 spiro atoms. The van der Waals surface area contributed by atoms with E-state index in [-0.39, 0.29) is 17.3 Å². The summed E-state index contributed by atoms with van der Waals surface area (Å²) in [4.78, 5) is 15.0. The van der Waals surface area contributed by atoms with Crippen molar-refractivity contribution in [3.05, 3.63) is 94.5 Å². The van der Waals surface area contributed by atoms with Gasteiger partial charge in [0, 0.05) is 28.9 Å². The summed E-state index contributed by atoms with van der Waals surface area (Å²) in [5.41, 5.74) is 2.22. The fraction of sp³-hybridized carbons (Fsp3) is 0.130. The fourth-order valence-corrected chi connectivity index (χ4v) is 5.10. The van der Waals surface area contributed by atoms with Gasteiger partial charge in [0.1, 0.15) is 0 Å². The van der Waals surface area contributed by atoms with Gasteiger partial charge in [-0.3, -0.25) is 4.79 Å². The average Bonchev–Trinajstić information content (AvgIpc) is 2.78. The molecular weight excluding hydrogens is 434 g/mol. The Labute approximate surface area is 185 Å². The minimum atomic E-state index is -3.77. The predicted octanol–water partition coefficient (Wildman–Crippen LogP) is 3.76. The van der Waals surface area contributed by atoms with Gasteiger partial charge in [0.15, 0.2) is 0 Å². The number of hydrogen-bond donors (Lipinski definition) is 1. The van der Waals surface area contributed by atoms with Crippen molar-refractivity contribution < 1.29 is 13.2 Å². The Bertz CT molecular complexity index is 1290. The maximum absolute atomic E-state index is 13.3. The van der Waals surface area contributed by atoms with E-state index in [0.29, 0.717) is 28.3 Å². The van der Waals surface area contributed by atoms with E-state index in [1.807, 2.05) is 0 Å². The van der Waals surface area contributed by atoms with Crippen LogP contribution in [-0.4, -0.2) is 26.9 Å². The second-order valence-corrected chi connectivity index (χ2v) is 9.37. The number of hydrogen-bond acceptors (Lipinski definition) is 4. The molecule has 0 fully saturated rings. The van der Waals surface area contributed by atoms with E-state index in [0.717, 1.165) is 5.56 Å². The zero-order chi connectivity index (χ0) is 22.0. The van der Waals surface area contributed by atoms with Crippen LogP contribution in [-0.2, 0) is 16.4 Å². The summed E-state index contributed by atoms with van der Waals surface area (Å²) in [6.45, 7) is 0.149. The highest BCUT2D eigenvalue weighted by Crippen LogP contribution is 2.30. The second kappa shape index (κ2) is 8.52. The molecule has 1 aliphatic heterocycles. The van der Waals surface area contributed by atoms with E-state index >= 15 is 0 Å². The lowest BCUT2D eigenvalue weighted by atomic mass is 9.96. The van der Waals surface area contributed by atoms with Crippen molar-refractivity contribution in [3.8, 4) is 6.07 Å². The van der Waals surface area contributed by atoms with Crippen LogP contribution in [0.5, 0.6) is 0 Å². The van der Waals surface area contributed by atoms with Gasteiger partial charge in [-0.25, -0.2) is 13.1 Å². The van der Waals surface area contributed by atoms with Crippen LogP contribution in [0, 0.1) is 11.3 Å². The SMILES string of the molecule is N#Cc1ccc2c(c1)CC(NS(=O)(=O)c1ccccc1)CN2C(=O)c1cccc(Cl)c1. The number of carbonyl (C=O) groups excluding carboxylic acids is 1.